The first-order chi connectivity index (χ1) is 12.8. The molecule has 0 atom stereocenters. The van der Waals surface area contributed by atoms with E-state index in [2.05, 4.69) is 0 Å². The van der Waals surface area contributed by atoms with Crippen LogP contribution in [0.2, 0.25) is 0 Å². The van der Waals surface area contributed by atoms with Crippen molar-refractivity contribution < 1.29 is 27.6 Å². The van der Waals surface area contributed by atoms with Crippen molar-refractivity contribution >= 4 is 17.3 Å². The van der Waals surface area contributed by atoms with Gasteiger partial charge in [0.05, 0.1) is 16.6 Å². The molecule has 2 aromatic carbocycles. The summed E-state index contributed by atoms with van der Waals surface area (Å²) in [6.45, 7) is -0.00285. The van der Waals surface area contributed by atoms with Crippen molar-refractivity contribution in [3.8, 4) is 5.75 Å². The summed E-state index contributed by atoms with van der Waals surface area (Å²) >= 11 is 0. The summed E-state index contributed by atoms with van der Waals surface area (Å²) in [4.78, 5) is 24.1. The molecule has 2 aromatic rings. The highest BCUT2D eigenvalue weighted by Crippen LogP contribution is 2.35. The average molecular weight is 380 g/mol. The second-order valence-corrected chi connectivity index (χ2v) is 6.03. The normalized spacial score (nSPS) is 13.8. The number of alkyl halides is 3. The molecule has 0 radical (unpaired) electrons. The van der Waals surface area contributed by atoms with E-state index in [-0.39, 0.29) is 18.0 Å². The van der Waals surface area contributed by atoms with Crippen molar-refractivity contribution in [2.75, 3.05) is 18.1 Å². The number of hydrogen-bond acceptors (Lipinski definition) is 4. The first kappa shape index (κ1) is 18.7. The minimum Gasteiger partial charge on any atom is -0.483 e. The molecule has 0 saturated carbocycles. The number of nitrogens with zero attached hydrogens (tertiary/aromatic N) is 2. The minimum atomic E-state index is -4.44. The standard InChI is InChI=1S/C18H15F3N2O4/c19-18(20,21)13-6-7-16-12(9-13)3-2-8-22(16)17(24)11-27-15-5-1-4-14(10-15)23(25)26/h1,4-7,9-10H,2-3,8,11H2. The van der Waals surface area contributed by atoms with E-state index >= 15 is 0 Å². The Labute approximate surface area is 152 Å². The number of rotatable bonds is 4. The minimum absolute atomic E-state index is 0.164. The Balaban J connectivity index is 1.73. The quantitative estimate of drug-likeness (QED) is 0.594. The molecule has 0 bridgehead atoms. The Bertz CT molecular complexity index is 883. The third kappa shape index (κ3) is 4.18. The maximum absolute atomic E-state index is 12.9. The first-order valence-corrected chi connectivity index (χ1v) is 8.13. The van der Waals surface area contributed by atoms with E-state index in [0.717, 1.165) is 12.1 Å². The van der Waals surface area contributed by atoms with Gasteiger partial charge < -0.3 is 9.64 Å². The van der Waals surface area contributed by atoms with E-state index in [0.29, 0.717) is 30.6 Å². The lowest BCUT2D eigenvalue weighted by molar-refractivity contribution is -0.384. The van der Waals surface area contributed by atoms with Crippen LogP contribution in [-0.2, 0) is 17.4 Å². The van der Waals surface area contributed by atoms with Crippen LogP contribution < -0.4 is 9.64 Å². The molecule has 3 rings (SSSR count). The number of benzene rings is 2. The molecule has 1 heterocycles. The molecule has 0 N–H and O–H groups in total. The van der Waals surface area contributed by atoms with E-state index in [1.165, 1.54) is 35.2 Å². The van der Waals surface area contributed by atoms with Crippen LogP contribution in [0.3, 0.4) is 0 Å². The summed E-state index contributed by atoms with van der Waals surface area (Å²) in [5, 5.41) is 10.8. The number of ether oxygens (including phenoxy) is 1. The van der Waals surface area contributed by atoms with E-state index in [1.54, 1.807) is 0 Å². The van der Waals surface area contributed by atoms with Gasteiger partial charge in [0.25, 0.3) is 11.6 Å². The molecule has 0 unspecified atom stereocenters. The van der Waals surface area contributed by atoms with Crippen molar-refractivity contribution in [1.29, 1.82) is 0 Å². The summed E-state index contributed by atoms with van der Waals surface area (Å²) < 4.78 is 43.9. The third-order valence-corrected chi connectivity index (χ3v) is 4.22. The molecule has 0 aromatic heterocycles. The van der Waals surface area contributed by atoms with Crippen LogP contribution in [-0.4, -0.2) is 24.0 Å². The predicted molar refractivity (Wildman–Crippen MR) is 90.7 cm³/mol. The Hall–Kier alpha value is -3.10. The van der Waals surface area contributed by atoms with Crippen LogP contribution in [0.4, 0.5) is 24.5 Å². The Kier molecular flexibility index (Phi) is 5.02. The number of carbonyl (C=O) groups excluding carboxylic acids is 1. The van der Waals surface area contributed by atoms with Gasteiger partial charge >= 0.3 is 6.18 Å². The van der Waals surface area contributed by atoms with E-state index in [4.69, 9.17) is 4.74 Å². The van der Waals surface area contributed by atoms with Gasteiger partial charge in [-0.3, -0.25) is 14.9 Å². The van der Waals surface area contributed by atoms with Crippen LogP contribution in [0.15, 0.2) is 42.5 Å². The third-order valence-electron chi connectivity index (χ3n) is 4.22. The monoisotopic (exact) mass is 380 g/mol. The second-order valence-electron chi connectivity index (χ2n) is 6.03. The number of aryl methyl sites for hydroxylation is 1. The molecule has 6 nitrogen and oxygen atoms in total. The number of anilines is 1. The molecular weight excluding hydrogens is 365 g/mol. The van der Waals surface area contributed by atoms with Crippen LogP contribution in [0.25, 0.3) is 0 Å². The smallest absolute Gasteiger partial charge is 0.416 e. The van der Waals surface area contributed by atoms with Crippen molar-refractivity contribution in [2.45, 2.75) is 19.0 Å². The highest BCUT2D eigenvalue weighted by Gasteiger charge is 2.32. The van der Waals surface area contributed by atoms with Gasteiger partial charge in [0.1, 0.15) is 5.75 Å². The van der Waals surface area contributed by atoms with Crippen molar-refractivity contribution in [3.05, 3.63) is 63.7 Å². The predicted octanol–water partition coefficient (Wildman–Crippen LogP) is 3.97. The molecule has 0 spiro atoms. The van der Waals surface area contributed by atoms with Gasteiger partial charge in [0, 0.05) is 18.3 Å². The maximum atomic E-state index is 12.9. The molecule has 142 valence electrons. The molecule has 1 aliphatic rings. The van der Waals surface area contributed by atoms with Crippen LogP contribution in [0.5, 0.6) is 5.75 Å². The van der Waals surface area contributed by atoms with Gasteiger partial charge in [-0.05, 0) is 42.7 Å². The zero-order chi connectivity index (χ0) is 19.6. The Morgan fingerprint density at radius 2 is 2.00 bits per heavy atom. The van der Waals surface area contributed by atoms with E-state index < -0.39 is 22.6 Å². The van der Waals surface area contributed by atoms with E-state index in [9.17, 15) is 28.1 Å². The summed E-state index contributed by atoms with van der Waals surface area (Å²) in [6, 6.07) is 8.73. The Morgan fingerprint density at radius 3 is 2.70 bits per heavy atom. The second kappa shape index (κ2) is 7.26. The average Bonchev–Trinajstić information content (AvgIpc) is 2.64. The number of halogens is 3. The zero-order valence-electron chi connectivity index (χ0n) is 14.0. The summed E-state index contributed by atoms with van der Waals surface area (Å²) in [5.74, 6) is -0.260. The summed E-state index contributed by atoms with van der Waals surface area (Å²) in [5.41, 5.74) is -0.0204. The molecule has 9 heteroatoms. The fraction of sp³-hybridized carbons (Fsp3) is 0.278. The molecule has 1 aliphatic heterocycles. The van der Waals surface area contributed by atoms with Gasteiger partial charge in [-0.2, -0.15) is 13.2 Å². The van der Waals surface area contributed by atoms with Gasteiger partial charge in [-0.1, -0.05) is 6.07 Å². The highest BCUT2D eigenvalue weighted by atomic mass is 19.4. The first-order valence-electron chi connectivity index (χ1n) is 8.13. The van der Waals surface area contributed by atoms with Crippen molar-refractivity contribution in [1.82, 2.24) is 0 Å². The van der Waals surface area contributed by atoms with Gasteiger partial charge in [-0.15, -0.1) is 0 Å². The largest absolute Gasteiger partial charge is 0.483 e. The number of nitro benzene ring substituents is 1. The molecule has 0 saturated heterocycles. The number of hydrogen-bond donors (Lipinski definition) is 0. The molecule has 1 amide bonds. The van der Waals surface area contributed by atoms with Gasteiger partial charge in [0.2, 0.25) is 0 Å². The number of carbonyl (C=O) groups is 1. The van der Waals surface area contributed by atoms with Crippen molar-refractivity contribution in [2.24, 2.45) is 0 Å². The summed E-state index contributed by atoms with van der Waals surface area (Å²) in [6.07, 6.45) is -3.45. The number of nitro groups is 1. The highest BCUT2D eigenvalue weighted by molar-refractivity contribution is 5.95. The number of fused-ring (bicyclic) bond motifs is 1. The lowest BCUT2D eigenvalue weighted by Gasteiger charge is -2.30. The molecule has 0 aliphatic carbocycles. The van der Waals surface area contributed by atoms with Crippen LogP contribution in [0.1, 0.15) is 17.5 Å². The van der Waals surface area contributed by atoms with Crippen molar-refractivity contribution in [3.63, 3.8) is 0 Å². The van der Waals surface area contributed by atoms with E-state index in [1.807, 2.05) is 0 Å². The number of amides is 1. The lowest BCUT2D eigenvalue weighted by atomic mass is 9.99. The Morgan fingerprint density at radius 1 is 1.22 bits per heavy atom. The molecule has 27 heavy (non-hydrogen) atoms. The maximum Gasteiger partial charge on any atom is 0.416 e. The van der Waals surface area contributed by atoms with Gasteiger partial charge in [0.15, 0.2) is 6.61 Å². The lowest BCUT2D eigenvalue weighted by Crippen LogP contribution is -2.38. The van der Waals surface area contributed by atoms with Crippen LogP contribution >= 0.6 is 0 Å². The fourth-order valence-corrected chi connectivity index (χ4v) is 2.94. The fourth-order valence-electron chi connectivity index (χ4n) is 2.94. The van der Waals surface area contributed by atoms with Crippen LogP contribution in [0, 0.1) is 10.1 Å². The zero-order valence-corrected chi connectivity index (χ0v) is 14.0. The topological polar surface area (TPSA) is 72.7 Å². The summed E-state index contributed by atoms with van der Waals surface area (Å²) in [7, 11) is 0. The SMILES string of the molecule is O=C(COc1cccc([N+](=O)[O-])c1)N1CCCc2cc(C(F)(F)F)ccc21. The molecular formula is C18H15F3N2O4. The van der Waals surface area contributed by atoms with Gasteiger partial charge in [-0.25, -0.2) is 0 Å². The molecule has 0 fully saturated rings. The number of non-ortho nitro benzene ring substituents is 1.